The lowest BCUT2D eigenvalue weighted by Gasteiger charge is -2.16. The summed E-state index contributed by atoms with van der Waals surface area (Å²) in [5.41, 5.74) is 0.267. The third kappa shape index (κ3) is 3.57. The standard InChI is InChI=1S/C19H20N2O4/c1-24-15-7-3-13(4-8-15)20-17(22)19(11-12-19)18(23)21-14-5-9-16(25-2)10-6-14/h3-10H,11-12H2,1-2H3,(H,20,22)(H,21,23). The molecule has 2 aromatic rings. The quantitative estimate of drug-likeness (QED) is 0.793. The van der Waals surface area contributed by atoms with Gasteiger partial charge in [0.2, 0.25) is 11.8 Å². The zero-order chi connectivity index (χ0) is 17.9. The minimum absolute atomic E-state index is 0.288. The number of rotatable bonds is 6. The van der Waals surface area contributed by atoms with Gasteiger partial charge in [0.05, 0.1) is 14.2 Å². The first-order valence-electron chi connectivity index (χ1n) is 7.98. The highest BCUT2D eigenvalue weighted by Crippen LogP contribution is 2.47. The molecule has 130 valence electrons. The average molecular weight is 340 g/mol. The highest BCUT2D eigenvalue weighted by Gasteiger charge is 2.56. The lowest BCUT2D eigenvalue weighted by molar-refractivity contribution is -0.131. The number of amides is 2. The van der Waals surface area contributed by atoms with Gasteiger partial charge in [0.1, 0.15) is 16.9 Å². The molecule has 0 aromatic heterocycles. The van der Waals surface area contributed by atoms with E-state index in [4.69, 9.17) is 9.47 Å². The van der Waals surface area contributed by atoms with Crippen LogP contribution in [-0.2, 0) is 9.59 Å². The molecule has 0 saturated heterocycles. The molecular weight excluding hydrogens is 320 g/mol. The van der Waals surface area contributed by atoms with E-state index >= 15 is 0 Å². The van der Waals surface area contributed by atoms with Crippen LogP contribution in [0, 0.1) is 5.41 Å². The van der Waals surface area contributed by atoms with Gasteiger partial charge >= 0.3 is 0 Å². The van der Waals surface area contributed by atoms with Crippen molar-refractivity contribution in [1.82, 2.24) is 0 Å². The first kappa shape index (κ1) is 16.8. The summed E-state index contributed by atoms with van der Waals surface area (Å²) in [4.78, 5) is 25.1. The number of carbonyl (C=O) groups excluding carboxylic acids is 2. The Morgan fingerprint density at radius 1 is 0.760 bits per heavy atom. The first-order valence-corrected chi connectivity index (χ1v) is 7.98. The fraction of sp³-hybridized carbons (Fsp3) is 0.263. The lowest BCUT2D eigenvalue weighted by Crippen LogP contribution is -2.35. The van der Waals surface area contributed by atoms with Gasteiger partial charge in [-0.3, -0.25) is 9.59 Å². The maximum atomic E-state index is 12.6. The van der Waals surface area contributed by atoms with Crippen LogP contribution in [0.4, 0.5) is 11.4 Å². The highest BCUT2D eigenvalue weighted by atomic mass is 16.5. The number of hydrogen-bond acceptors (Lipinski definition) is 4. The van der Waals surface area contributed by atoms with Crippen molar-refractivity contribution in [2.45, 2.75) is 12.8 Å². The van der Waals surface area contributed by atoms with Gasteiger partial charge in [0, 0.05) is 11.4 Å². The molecule has 0 heterocycles. The van der Waals surface area contributed by atoms with Crippen LogP contribution in [0.5, 0.6) is 11.5 Å². The number of carbonyl (C=O) groups is 2. The summed E-state index contributed by atoms with van der Waals surface area (Å²) < 4.78 is 10.2. The molecule has 0 atom stereocenters. The molecule has 0 unspecified atom stereocenters. The van der Waals surface area contributed by atoms with E-state index < -0.39 is 5.41 Å². The van der Waals surface area contributed by atoms with E-state index in [1.807, 2.05) is 0 Å². The third-order valence-corrected chi connectivity index (χ3v) is 4.32. The Kier molecular flexibility index (Phi) is 4.61. The molecule has 2 N–H and O–H groups in total. The van der Waals surface area contributed by atoms with Crippen molar-refractivity contribution in [3.05, 3.63) is 48.5 Å². The lowest BCUT2D eigenvalue weighted by atomic mass is 10.0. The van der Waals surface area contributed by atoms with Crippen LogP contribution in [0.1, 0.15) is 12.8 Å². The Balaban J connectivity index is 1.65. The van der Waals surface area contributed by atoms with Crippen LogP contribution in [0.3, 0.4) is 0 Å². The molecule has 6 nitrogen and oxygen atoms in total. The van der Waals surface area contributed by atoms with Crippen molar-refractivity contribution in [2.24, 2.45) is 5.41 Å². The number of nitrogens with one attached hydrogen (secondary N) is 2. The van der Waals surface area contributed by atoms with Gasteiger partial charge in [-0.05, 0) is 61.4 Å². The highest BCUT2D eigenvalue weighted by molar-refractivity contribution is 6.16. The second kappa shape index (κ2) is 6.84. The molecule has 1 aliphatic carbocycles. The summed E-state index contributed by atoms with van der Waals surface area (Å²) in [6.45, 7) is 0. The molecule has 6 heteroatoms. The van der Waals surface area contributed by atoms with Crippen molar-refractivity contribution in [3.8, 4) is 11.5 Å². The van der Waals surface area contributed by atoms with Gasteiger partial charge in [0.25, 0.3) is 0 Å². The average Bonchev–Trinajstić information content (AvgIpc) is 3.45. The van der Waals surface area contributed by atoms with Gasteiger partial charge in [-0.2, -0.15) is 0 Å². The number of anilines is 2. The van der Waals surface area contributed by atoms with E-state index in [1.54, 1.807) is 62.8 Å². The molecule has 0 radical (unpaired) electrons. The van der Waals surface area contributed by atoms with Gasteiger partial charge < -0.3 is 20.1 Å². The second-order valence-corrected chi connectivity index (χ2v) is 5.95. The minimum atomic E-state index is -1.00. The van der Waals surface area contributed by atoms with Gasteiger partial charge in [-0.1, -0.05) is 0 Å². The van der Waals surface area contributed by atoms with Crippen LogP contribution in [0.2, 0.25) is 0 Å². The fourth-order valence-corrected chi connectivity index (χ4v) is 2.53. The largest absolute Gasteiger partial charge is 0.497 e. The van der Waals surface area contributed by atoms with Gasteiger partial charge in [-0.25, -0.2) is 0 Å². The van der Waals surface area contributed by atoms with E-state index in [9.17, 15) is 9.59 Å². The van der Waals surface area contributed by atoms with E-state index in [2.05, 4.69) is 10.6 Å². The number of benzene rings is 2. The molecule has 2 amide bonds. The smallest absolute Gasteiger partial charge is 0.240 e. The molecule has 25 heavy (non-hydrogen) atoms. The summed E-state index contributed by atoms with van der Waals surface area (Å²) >= 11 is 0. The zero-order valence-electron chi connectivity index (χ0n) is 14.2. The molecule has 0 bridgehead atoms. The predicted molar refractivity (Wildman–Crippen MR) is 94.9 cm³/mol. The number of ether oxygens (including phenoxy) is 2. The SMILES string of the molecule is COc1ccc(NC(=O)C2(C(=O)Nc3ccc(OC)cc3)CC2)cc1. The van der Waals surface area contributed by atoms with E-state index in [0.29, 0.717) is 35.7 Å². The maximum absolute atomic E-state index is 12.6. The fourth-order valence-electron chi connectivity index (χ4n) is 2.53. The molecule has 2 aromatic carbocycles. The van der Waals surface area contributed by atoms with Crippen LogP contribution >= 0.6 is 0 Å². The van der Waals surface area contributed by atoms with Crippen LogP contribution in [0.15, 0.2) is 48.5 Å². The zero-order valence-corrected chi connectivity index (χ0v) is 14.2. The van der Waals surface area contributed by atoms with Crippen molar-refractivity contribution in [1.29, 1.82) is 0 Å². The molecular formula is C19H20N2O4. The summed E-state index contributed by atoms with van der Waals surface area (Å²) in [5.74, 6) is 0.833. The van der Waals surface area contributed by atoms with E-state index in [-0.39, 0.29) is 11.8 Å². The summed E-state index contributed by atoms with van der Waals surface area (Å²) in [6.07, 6.45) is 1.08. The van der Waals surface area contributed by atoms with Crippen molar-refractivity contribution in [2.75, 3.05) is 24.9 Å². The summed E-state index contributed by atoms with van der Waals surface area (Å²) in [5, 5.41) is 5.61. The molecule has 3 rings (SSSR count). The Hall–Kier alpha value is -3.02. The van der Waals surface area contributed by atoms with Crippen molar-refractivity contribution >= 4 is 23.2 Å². The van der Waals surface area contributed by atoms with Crippen LogP contribution in [0.25, 0.3) is 0 Å². The van der Waals surface area contributed by atoms with Crippen molar-refractivity contribution < 1.29 is 19.1 Å². The van der Waals surface area contributed by atoms with Crippen LogP contribution in [-0.4, -0.2) is 26.0 Å². The van der Waals surface area contributed by atoms with Crippen molar-refractivity contribution in [3.63, 3.8) is 0 Å². The first-order chi connectivity index (χ1) is 12.1. The van der Waals surface area contributed by atoms with Crippen LogP contribution < -0.4 is 20.1 Å². The number of methoxy groups -OCH3 is 2. The maximum Gasteiger partial charge on any atom is 0.240 e. The molecule has 1 saturated carbocycles. The molecule has 0 spiro atoms. The number of hydrogen-bond donors (Lipinski definition) is 2. The Bertz CT molecular complexity index is 702. The monoisotopic (exact) mass is 340 g/mol. The molecule has 1 aliphatic rings. The predicted octanol–water partition coefficient (Wildman–Crippen LogP) is 3.06. The van der Waals surface area contributed by atoms with E-state index in [1.165, 1.54) is 0 Å². The molecule has 1 fully saturated rings. The second-order valence-electron chi connectivity index (χ2n) is 5.95. The molecule has 0 aliphatic heterocycles. The van der Waals surface area contributed by atoms with Gasteiger partial charge in [0.15, 0.2) is 0 Å². The van der Waals surface area contributed by atoms with E-state index in [0.717, 1.165) is 0 Å². The third-order valence-electron chi connectivity index (χ3n) is 4.32. The Morgan fingerprint density at radius 2 is 1.12 bits per heavy atom. The Labute approximate surface area is 146 Å². The minimum Gasteiger partial charge on any atom is -0.497 e. The summed E-state index contributed by atoms with van der Waals surface area (Å²) in [7, 11) is 3.16. The normalized spacial score (nSPS) is 14.3. The van der Waals surface area contributed by atoms with Gasteiger partial charge in [-0.15, -0.1) is 0 Å². The summed E-state index contributed by atoms with van der Waals surface area (Å²) in [6, 6.07) is 14.0. The Morgan fingerprint density at radius 3 is 1.40 bits per heavy atom. The topological polar surface area (TPSA) is 76.7 Å².